The molecule has 2 fully saturated rings. The molecule has 0 unspecified atom stereocenters. The number of hydrogen-bond acceptors (Lipinski definition) is 1. The molecular formula is C16H23N. The zero-order valence-corrected chi connectivity index (χ0v) is 10.9. The van der Waals surface area contributed by atoms with Gasteiger partial charge in [0.05, 0.1) is 0 Å². The van der Waals surface area contributed by atoms with Crippen molar-refractivity contribution in [2.75, 3.05) is 6.54 Å². The van der Waals surface area contributed by atoms with Gasteiger partial charge in [-0.15, -0.1) is 0 Å². The molecule has 0 bridgehead atoms. The molecule has 1 aliphatic heterocycles. The lowest BCUT2D eigenvalue weighted by Crippen LogP contribution is -2.45. The van der Waals surface area contributed by atoms with Crippen LogP contribution >= 0.6 is 0 Å². The molecule has 0 N–H and O–H groups in total. The molecule has 1 aromatic carbocycles. The summed E-state index contributed by atoms with van der Waals surface area (Å²) in [5.74, 6) is 0.897. The summed E-state index contributed by atoms with van der Waals surface area (Å²) in [6.45, 7) is 4.93. The third-order valence-corrected chi connectivity index (χ3v) is 5.05. The number of benzene rings is 1. The number of nitrogens with zero attached hydrogens (tertiary/aromatic N) is 1. The summed E-state index contributed by atoms with van der Waals surface area (Å²) in [5.41, 5.74) is 2.03. The zero-order chi connectivity index (χ0) is 11.7. The van der Waals surface area contributed by atoms with E-state index in [9.17, 15) is 0 Å². The standard InChI is InChI=1S/C16H23N/c1-14-7-5-10-16(14)11-6-12-17(16)13-15-8-3-2-4-9-15/h2-4,8-9,14H,5-7,10-13H2,1H3/t14-,16-/m0/s1. The Kier molecular flexibility index (Phi) is 2.96. The maximum atomic E-state index is 2.78. The van der Waals surface area contributed by atoms with E-state index < -0.39 is 0 Å². The normalized spacial score (nSPS) is 33.6. The van der Waals surface area contributed by atoms with Gasteiger partial charge in [0.15, 0.2) is 0 Å². The van der Waals surface area contributed by atoms with Crippen molar-refractivity contribution in [3.05, 3.63) is 35.9 Å². The Labute approximate surface area is 105 Å². The van der Waals surface area contributed by atoms with Crippen LogP contribution in [0.3, 0.4) is 0 Å². The van der Waals surface area contributed by atoms with E-state index in [4.69, 9.17) is 0 Å². The molecule has 0 amide bonds. The molecule has 1 saturated heterocycles. The molecule has 3 rings (SSSR count). The van der Waals surface area contributed by atoms with E-state index in [1.165, 1.54) is 44.2 Å². The summed E-state index contributed by atoms with van der Waals surface area (Å²) < 4.78 is 0. The average Bonchev–Trinajstić information content (AvgIpc) is 2.91. The Morgan fingerprint density at radius 2 is 1.94 bits per heavy atom. The van der Waals surface area contributed by atoms with Crippen LogP contribution in [0.1, 0.15) is 44.6 Å². The molecule has 1 nitrogen and oxygen atoms in total. The van der Waals surface area contributed by atoms with Crippen molar-refractivity contribution in [1.82, 2.24) is 4.90 Å². The van der Waals surface area contributed by atoms with Crippen molar-refractivity contribution in [2.24, 2.45) is 5.92 Å². The molecule has 1 saturated carbocycles. The van der Waals surface area contributed by atoms with Crippen LogP contribution in [0.15, 0.2) is 30.3 Å². The zero-order valence-electron chi connectivity index (χ0n) is 10.9. The third kappa shape index (κ3) is 1.91. The SMILES string of the molecule is C[C@H]1CCC[C@]12CCCN2Cc1ccccc1. The van der Waals surface area contributed by atoms with Gasteiger partial charge in [0, 0.05) is 12.1 Å². The van der Waals surface area contributed by atoms with E-state index >= 15 is 0 Å². The molecule has 92 valence electrons. The van der Waals surface area contributed by atoms with Gasteiger partial charge in [-0.3, -0.25) is 4.90 Å². The summed E-state index contributed by atoms with van der Waals surface area (Å²) in [5, 5.41) is 0. The Hall–Kier alpha value is -0.820. The van der Waals surface area contributed by atoms with Crippen LogP contribution in [0.4, 0.5) is 0 Å². The van der Waals surface area contributed by atoms with Crippen LogP contribution in [-0.4, -0.2) is 17.0 Å². The highest BCUT2D eigenvalue weighted by molar-refractivity contribution is 5.16. The van der Waals surface area contributed by atoms with Gasteiger partial charge in [-0.1, -0.05) is 43.7 Å². The second kappa shape index (κ2) is 4.45. The highest BCUT2D eigenvalue weighted by atomic mass is 15.2. The van der Waals surface area contributed by atoms with Crippen molar-refractivity contribution >= 4 is 0 Å². The number of hydrogen-bond donors (Lipinski definition) is 0. The van der Waals surface area contributed by atoms with Crippen LogP contribution in [-0.2, 0) is 6.54 Å². The minimum atomic E-state index is 0.551. The first-order valence-corrected chi connectivity index (χ1v) is 7.10. The fraction of sp³-hybridized carbons (Fsp3) is 0.625. The predicted octanol–water partition coefficient (Wildman–Crippen LogP) is 3.84. The van der Waals surface area contributed by atoms with E-state index in [0.717, 1.165) is 12.5 Å². The van der Waals surface area contributed by atoms with Crippen LogP contribution in [0.5, 0.6) is 0 Å². The van der Waals surface area contributed by atoms with Gasteiger partial charge in [-0.2, -0.15) is 0 Å². The van der Waals surface area contributed by atoms with Crippen molar-refractivity contribution in [3.63, 3.8) is 0 Å². The van der Waals surface area contributed by atoms with Crippen LogP contribution in [0.2, 0.25) is 0 Å². The largest absolute Gasteiger partial charge is 0.293 e. The molecule has 17 heavy (non-hydrogen) atoms. The Balaban J connectivity index is 1.79. The second-order valence-corrected chi connectivity index (χ2v) is 5.91. The van der Waals surface area contributed by atoms with Gasteiger partial charge < -0.3 is 0 Å². The fourth-order valence-electron chi connectivity index (χ4n) is 4.07. The minimum Gasteiger partial charge on any atom is -0.293 e. The summed E-state index contributed by atoms with van der Waals surface area (Å²) in [6, 6.07) is 11.0. The summed E-state index contributed by atoms with van der Waals surface area (Å²) in [4.78, 5) is 2.78. The fourth-order valence-corrected chi connectivity index (χ4v) is 4.07. The van der Waals surface area contributed by atoms with E-state index in [1.54, 1.807) is 0 Å². The monoisotopic (exact) mass is 229 g/mol. The van der Waals surface area contributed by atoms with E-state index in [-0.39, 0.29) is 0 Å². The lowest BCUT2D eigenvalue weighted by Gasteiger charge is -2.39. The van der Waals surface area contributed by atoms with Gasteiger partial charge >= 0.3 is 0 Å². The molecule has 1 spiro atoms. The van der Waals surface area contributed by atoms with Crippen molar-refractivity contribution < 1.29 is 0 Å². The number of rotatable bonds is 2. The topological polar surface area (TPSA) is 3.24 Å². The Morgan fingerprint density at radius 3 is 2.65 bits per heavy atom. The first-order valence-electron chi connectivity index (χ1n) is 7.10. The smallest absolute Gasteiger partial charge is 0.0239 e. The van der Waals surface area contributed by atoms with E-state index in [1.807, 2.05) is 0 Å². The van der Waals surface area contributed by atoms with Gasteiger partial charge in [0.1, 0.15) is 0 Å². The summed E-state index contributed by atoms with van der Waals surface area (Å²) in [7, 11) is 0. The highest BCUT2D eigenvalue weighted by Gasteiger charge is 2.47. The molecule has 2 atom stereocenters. The van der Waals surface area contributed by atoms with Crippen LogP contribution in [0.25, 0.3) is 0 Å². The van der Waals surface area contributed by atoms with E-state index in [2.05, 4.69) is 42.2 Å². The lowest BCUT2D eigenvalue weighted by molar-refractivity contribution is 0.0947. The number of likely N-dealkylation sites (tertiary alicyclic amines) is 1. The van der Waals surface area contributed by atoms with E-state index in [0.29, 0.717) is 5.54 Å². The van der Waals surface area contributed by atoms with Gasteiger partial charge in [0.2, 0.25) is 0 Å². The summed E-state index contributed by atoms with van der Waals surface area (Å²) in [6.07, 6.45) is 7.14. The maximum absolute atomic E-state index is 2.78. The molecule has 1 heteroatoms. The molecule has 1 aliphatic carbocycles. The van der Waals surface area contributed by atoms with Gasteiger partial charge in [-0.25, -0.2) is 0 Å². The predicted molar refractivity (Wildman–Crippen MR) is 71.8 cm³/mol. The Bertz CT molecular complexity index is 368. The van der Waals surface area contributed by atoms with Crippen molar-refractivity contribution in [3.8, 4) is 0 Å². The highest BCUT2D eigenvalue weighted by Crippen LogP contribution is 2.47. The van der Waals surface area contributed by atoms with Crippen molar-refractivity contribution in [2.45, 2.75) is 51.1 Å². The van der Waals surface area contributed by atoms with Gasteiger partial charge in [0.25, 0.3) is 0 Å². The molecule has 0 radical (unpaired) electrons. The van der Waals surface area contributed by atoms with Crippen LogP contribution in [0, 0.1) is 5.92 Å². The molecule has 1 heterocycles. The van der Waals surface area contributed by atoms with Crippen molar-refractivity contribution in [1.29, 1.82) is 0 Å². The first-order chi connectivity index (χ1) is 8.31. The lowest BCUT2D eigenvalue weighted by atomic mass is 9.85. The second-order valence-electron chi connectivity index (χ2n) is 5.91. The maximum Gasteiger partial charge on any atom is 0.0239 e. The molecule has 0 aromatic heterocycles. The van der Waals surface area contributed by atoms with Crippen LogP contribution < -0.4 is 0 Å². The summed E-state index contributed by atoms with van der Waals surface area (Å²) >= 11 is 0. The molecular weight excluding hydrogens is 206 g/mol. The molecule has 2 aliphatic rings. The molecule has 1 aromatic rings. The average molecular weight is 229 g/mol. The first kappa shape index (κ1) is 11.3. The Morgan fingerprint density at radius 1 is 1.18 bits per heavy atom. The minimum absolute atomic E-state index is 0.551. The third-order valence-electron chi connectivity index (χ3n) is 5.05. The quantitative estimate of drug-likeness (QED) is 0.744. The van der Waals surface area contributed by atoms with Gasteiger partial charge in [-0.05, 0) is 43.7 Å².